The molecule has 1 aliphatic carbocycles. The Morgan fingerprint density at radius 2 is 1.40 bits per heavy atom. The fourth-order valence-electron chi connectivity index (χ4n) is 3.26. The second kappa shape index (κ2) is 10.4. The molecule has 3 aromatic rings. The number of hydrogen-bond donors (Lipinski definition) is 5. The van der Waals surface area contributed by atoms with Gasteiger partial charge in [0.05, 0.1) is 12.2 Å². The molecule has 0 aliphatic heterocycles. The maximum atomic E-state index is 12.4. The van der Waals surface area contributed by atoms with Gasteiger partial charge in [-0.25, -0.2) is 0 Å². The topological polar surface area (TPSA) is 162 Å². The third-order valence-electron chi connectivity index (χ3n) is 5.02. The number of phenolic OH excluding ortho intramolecular Hbond substituents is 5. The van der Waals surface area contributed by atoms with Gasteiger partial charge in [0.2, 0.25) is 34.6 Å². The first-order chi connectivity index (χ1) is 16.7. The van der Waals surface area contributed by atoms with Crippen LogP contribution in [0.5, 0.6) is 34.5 Å². The minimum atomic E-state index is -0.967. The van der Waals surface area contributed by atoms with Gasteiger partial charge in [-0.2, -0.15) is 0 Å². The van der Waals surface area contributed by atoms with Crippen molar-refractivity contribution in [3.63, 3.8) is 0 Å². The van der Waals surface area contributed by atoms with Crippen LogP contribution in [0.3, 0.4) is 0 Å². The molecule has 5 N–H and O–H groups in total. The molecule has 0 atom stereocenters. The van der Waals surface area contributed by atoms with Gasteiger partial charge >= 0.3 is 0 Å². The minimum Gasteiger partial charge on any atom is -0.507 e. The highest BCUT2D eigenvalue weighted by atomic mass is 16.5. The highest BCUT2D eigenvalue weighted by Crippen LogP contribution is 2.52. The number of rotatable bonds is 5. The molecule has 0 radical (unpaired) electrons. The number of allylic oxidation sites excluding steroid dienone is 1. The first-order valence-electron chi connectivity index (χ1n) is 10.5. The largest absolute Gasteiger partial charge is 0.507 e. The fourth-order valence-corrected chi connectivity index (χ4v) is 3.26. The molecule has 0 saturated carbocycles. The van der Waals surface area contributed by atoms with Crippen molar-refractivity contribution in [3.8, 4) is 34.5 Å². The second-order valence-corrected chi connectivity index (χ2v) is 7.41. The van der Waals surface area contributed by atoms with Gasteiger partial charge in [0.25, 0.3) is 0 Å². The van der Waals surface area contributed by atoms with Crippen molar-refractivity contribution in [1.29, 1.82) is 0 Å². The summed E-state index contributed by atoms with van der Waals surface area (Å²) in [4.78, 5) is 34.5. The number of ether oxygens (including phenoxy) is 1. The lowest BCUT2D eigenvalue weighted by atomic mass is 9.96. The molecule has 9 nitrogen and oxygen atoms in total. The highest BCUT2D eigenvalue weighted by Gasteiger charge is 2.30. The van der Waals surface area contributed by atoms with E-state index in [0.717, 1.165) is 5.56 Å². The summed E-state index contributed by atoms with van der Waals surface area (Å²) in [6.07, 6.45) is 3.53. The van der Waals surface area contributed by atoms with Crippen LogP contribution < -0.4 is 4.74 Å². The van der Waals surface area contributed by atoms with Crippen LogP contribution in [-0.4, -0.2) is 49.5 Å². The SMILES string of the molecule is CCCOc1c(O)c(O)c(C(=O)c2ccccc2O)c(O)c1O.O=C1C=Cc2ccccc2C1=O. The van der Waals surface area contributed by atoms with Crippen LogP contribution in [0.4, 0.5) is 0 Å². The van der Waals surface area contributed by atoms with E-state index >= 15 is 0 Å². The normalized spacial score (nSPS) is 11.9. The van der Waals surface area contributed by atoms with Gasteiger partial charge in [0, 0.05) is 5.56 Å². The predicted octanol–water partition coefficient (Wildman–Crippen LogP) is 3.70. The van der Waals surface area contributed by atoms with Crippen LogP contribution in [0.25, 0.3) is 6.08 Å². The van der Waals surface area contributed by atoms with Crippen LogP contribution >= 0.6 is 0 Å². The van der Waals surface area contributed by atoms with E-state index in [1.807, 2.05) is 12.1 Å². The summed E-state index contributed by atoms with van der Waals surface area (Å²) in [5.41, 5.74) is 0.386. The lowest BCUT2D eigenvalue weighted by Gasteiger charge is -2.15. The van der Waals surface area contributed by atoms with Crippen LogP contribution in [0.15, 0.2) is 54.6 Å². The number of para-hydroxylation sites is 1. The fraction of sp³-hybridized carbons (Fsp3) is 0.115. The van der Waals surface area contributed by atoms with Crippen molar-refractivity contribution in [3.05, 3.63) is 76.9 Å². The maximum Gasteiger partial charge on any atom is 0.233 e. The minimum absolute atomic E-state index is 0.118. The molecule has 0 fully saturated rings. The third kappa shape index (κ3) is 4.93. The van der Waals surface area contributed by atoms with E-state index in [1.54, 1.807) is 25.1 Å². The number of hydrogen-bond acceptors (Lipinski definition) is 9. The van der Waals surface area contributed by atoms with Crippen molar-refractivity contribution in [2.24, 2.45) is 0 Å². The number of carbonyl (C=O) groups is 3. The van der Waals surface area contributed by atoms with E-state index in [9.17, 15) is 39.9 Å². The maximum absolute atomic E-state index is 12.4. The number of Topliss-reactive ketones (excluding diaryl/α,β-unsaturated/α-hetero) is 1. The zero-order valence-electron chi connectivity index (χ0n) is 18.6. The monoisotopic (exact) mass is 478 g/mol. The molecule has 4 rings (SSSR count). The number of carbonyl (C=O) groups excluding carboxylic acids is 3. The number of fused-ring (bicyclic) bond motifs is 1. The van der Waals surface area contributed by atoms with Gasteiger partial charge in [-0.1, -0.05) is 49.4 Å². The molecule has 0 spiro atoms. The summed E-state index contributed by atoms with van der Waals surface area (Å²) in [5.74, 6) is -6.33. The standard InChI is InChI=1S/C16H16O7.C10H6O2/c1-2-7-23-16-14(21)12(19)10(13(20)15(16)22)11(18)8-5-3-4-6-9(8)17;11-9-6-5-7-3-1-2-4-8(7)10(9)12/h3-6,17,19-22H,2,7H2,1H3;1-6H. The highest BCUT2D eigenvalue weighted by molar-refractivity contribution is 6.49. The summed E-state index contributed by atoms with van der Waals surface area (Å²) < 4.78 is 5.06. The molecular formula is C26H22O9. The van der Waals surface area contributed by atoms with Crippen molar-refractivity contribution in [2.75, 3.05) is 6.61 Å². The van der Waals surface area contributed by atoms with Gasteiger partial charge in [-0.05, 0) is 30.2 Å². The first kappa shape index (κ1) is 24.8. The summed E-state index contributed by atoms with van der Waals surface area (Å²) >= 11 is 0. The summed E-state index contributed by atoms with van der Waals surface area (Å²) in [6, 6.07) is 12.6. The molecule has 9 heteroatoms. The molecule has 3 aromatic carbocycles. The molecule has 0 heterocycles. The molecule has 0 bridgehead atoms. The smallest absolute Gasteiger partial charge is 0.233 e. The Bertz CT molecular complexity index is 1310. The number of aromatic hydroxyl groups is 5. The third-order valence-corrected chi connectivity index (χ3v) is 5.02. The van der Waals surface area contributed by atoms with Crippen molar-refractivity contribution in [1.82, 2.24) is 0 Å². The number of phenols is 5. The van der Waals surface area contributed by atoms with Crippen molar-refractivity contribution < 1.29 is 44.7 Å². The van der Waals surface area contributed by atoms with E-state index < -0.39 is 51.7 Å². The van der Waals surface area contributed by atoms with Gasteiger partial charge in [-0.15, -0.1) is 0 Å². The summed E-state index contributed by atoms with van der Waals surface area (Å²) in [7, 11) is 0. The van der Waals surface area contributed by atoms with Crippen LogP contribution in [0.2, 0.25) is 0 Å². The van der Waals surface area contributed by atoms with Gasteiger partial charge in [0.15, 0.2) is 11.5 Å². The molecule has 0 amide bonds. The Balaban J connectivity index is 0.000000237. The van der Waals surface area contributed by atoms with E-state index in [4.69, 9.17) is 4.74 Å². The van der Waals surface area contributed by atoms with Crippen molar-refractivity contribution >= 4 is 23.4 Å². The Kier molecular flexibility index (Phi) is 7.40. The molecule has 0 aromatic heterocycles. The molecule has 180 valence electrons. The van der Waals surface area contributed by atoms with Gasteiger partial charge in [0.1, 0.15) is 11.3 Å². The van der Waals surface area contributed by atoms with E-state index in [0.29, 0.717) is 12.0 Å². The molecule has 0 saturated heterocycles. The molecule has 35 heavy (non-hydrogen) atoms. The van der Waals surface area contributed by atoms with E-state index in [-0.39, 0.29) is 17.9 Å². The van der Waals surface area contributed by atoms with E-state index in [2.05, 4.69) is 0 Å². The first-order valence-corrected chi connectivity index (χ1v) is 10.5. The molecular weight excluding hydrogens is 456 g/mol. The average molecular weight is 478 g/mol. The molecule has 0 unspecified atom stereocenters. The van der Waals surface area contributed by atoms with Crippen LogP contribution in [0.1, 0.15) is 45.2 Å². The Morgan fingerprint density at radius 1 is 0.800 bits per heavy atom. The molecule has 1 aliphatic rings. The number of benzene rings is 3. The van der Waals surface area contributed by atoms with Crippen molar-refractivity contribution in [2.45, 2.75) is 13.3 Å². The number of ketones is 3. The van der Waals surface area contributed by atoms with Crippen LogP contribution in [-0.2, 0) is 4.79 Å². The Hall–Kier alpha value is -4.79. The quantitative estimate of drug-likeness (QED) is 0.159. The lowest BCUT2D eigenvalue weighted by molar-refractivity contribution is -0.110. The van der Waals surface area contributed by atoms with Gasteiger partial charge < -0.3 is 30.3 Å². The van der Waals surface area contributed by atoms with Gasteiger partial charge in [-0.3, -0.25) is 14.4 Å². The Morgan fingerprint density at radius 3 is 2.03 bits per heavy atom. The lowest BCUT2D eigenvalue weighted by Crippen LogP contribution is -2.15. The average Bonchev–Trinajstić information content (AvgIpc) is 2.86. The van der Waals surface area contributed by atoms with Crippen LogP contribution in [0, 0.1) is 0 Å². The Labute approximate surface area is 199 Å². The zero-order chi connectivity index (χ0) is 25.7. The van der Waals surface area contributed by atoms with E-state index in [1.165, 1.54) is 30.3 Å². The predicted molar refractivity (Wildman–Crippen MR) is 125 cm³/mol. The second-order valence-electron chi connectivity index (χ2n) is 7.41. The summed E-state index contributed by atoms with van der Waals surface area (Å²) in [5, 5.41) is 49.5. The summed E-state index contributed by atoms with van der Waals surface area (Å²) in [6.45, 7) is 1.90. The zero-order valence-corrected chi connectivity index (χ0v) is 18.6.